The number of aromatic nitrogens is 1. The number of piperidine rings is 1. The van der Waals surface area contributed by atoms with Crippen LogP contribution in [0.4, 0.5) is 23.2 Å². The van der Waals surface area contributed by atoms with Crippen molar-refractivity contribution in [1.82, 2.24) is 15.2 Å². The van der Waals surface area contributed by atoms with Crippen molar-refractivity contribution in [3.05, 3.63) is 88.9 Å². The number of carbonyl (C=O) groups is 2. The number of furan rings is 1. The number of carbonyl (C=O) groups excluding carboxylic acids is 2. The van der Waals surface area contributed by atoms with Gasteiger partial charge >= 0.3 is 6.18 Å². The molecule has 0 unspecified atom stereocenters. The number of nitrogens with zero attached hydrogens (tertiary/aromatic N) is 1. The number of para-hydroxylation sites is 1. The molecule has 3 aromatic carbocycles. The van der Waals surface area contributed by atoms with Crippen molar-refractivity contribution in [2.45, 2.75) is 31.9 Å². The number of anilines is 1. The summed E-state index contributed by atoms with van der Waals surface area (Å²) in [5.41, 5.74) is 0.475. The third-order valence-corrected chi connectivity index (χ3v) is 9.70. The number of sulfonamides is 1. The van der Waals surface area contributed by atoms with Gasteiger partial charge in [0.2, 0.25) is 10.0 Å². The average Bonchev–Trinajstić information content (AvgIpc) is 3.65. The molecule has 0 aliphatic carbocycles. The molecule has 0 saturated carbocycles. The maximum atomic E-state index is 13.7. The SMILES string of the molecule is CCS(=O)(=O)Nc1cc2oc(-c3ccc(F)cc3)c(C(=O)NC)c2cc1[C@@H]1CCCN(C(=O)c2cc3cccc(C(F)(F)F)c3[nH]2)C1. The van der Waals surface area contributed by atoms with Gasteiger partial charge in [0, 0.05) is 48.5 Å². The van der Waals surface area contributed by atoms with Crippen LogP contribution in [-0.2, 0) is 16.2 Å². The lowest BCUT2D eigenvalue weighted by molar-refractivity contribution is -0.136. The van der Waals surface area contributed by atoms with Gasteiger partial charge in [-0.1, -0.05) is 12.1 Å². The van der Waals surface area contributed by atoms with Crippen molar-refractivity contribution in [3.63, 3.8) is 0 Å². The summed E-state index contributed by atoms with van der Waals surface area (Å²) >= 11 is 0. The largest absolute Gasteiger partial charge is 0.455 e. The second-order valence-electron chi connectivity index (χ2n) is 11.4. The summed E-state index contributed by atoms with van der Waals surface area (Å²) in [6.45, 7) is 1.94. The number of aromatic amines is 1. The summed E-state index contributed by atoms with van der Waals surface area (Å²) in [4.78, 5) is 31.0. The van der Waals surface area contributed by atoms with Gasteiger partial charge in [-0.2, -0.15) is 13.2 Å². The van der Waals surface area contributed by atoms with Crippen LogP contribution in [0.25, 0.3) is 33.2 Å². The van der Waals surface area contributed by atoms with Gasteiger partial charge in [0.15, 0.2) is 0 Å². The number of hydrogen-bond donors (Lipinski definition) is 3. The zero-order valence-corrected chi connectivity index (χ0v) is 26.1. The van der Waals surface area contributed by atoms with E-state index in [9.17, 15) is 35.6 Å². The Morgan fingerprint density at radius 1 is 1.09 bits per heavy atom. The number of amides is 2. The lowest BCUT2D eigenvalue weighted by Gasteiger charge is -2.33. The monoisotopic (exact) mass is 670 g/mol. The topological polar surface area (TPSA) is 125 Å². The Hall–Kier alpha value is -4.85. The highest BCUT2D eigenvalue weighted by Gasteiger charge is 2.35. The number of rotatable bonds is 7. The molecular formula is C33H30F4N4O5S. The molecule has 2 amide bonds. The number of alkyl halides is 3. The summed E-state index contributed by atoms with van der Waals surface area (Å²) in [7, 11) is -2.33. The molecule has 1 aliphatic heterocycles. The van der Waals surface area contributed by atoms with Crippen molar-refractivity contribution in [1.29, 1.82) is 0 Å². The summed E-state index contributed by atoms with van der Waals surface area (Å²) < 4.78 is 88.8. The Bertz CT molecular complexity index is 2120. The molecule has 0 bridgehead atoms. The molecule has 1 fully saturated rings. The van der Waals surface area contributed by atoms with Gasteiger partial charge in [-0.25, -0.2) is 12.8 Å². The van der Waals surface area contributed by atoms with Crippen molar-refractivity contribution < 1.29 is 40.0 Å². The molecule has 2 aromatic heterocycles. The summed E-state index contributed by atoms with van der Waals surface area (Å²) in [6.07, 6.45) is -3.53. The fourth-order valence-corrected chi connectivity index (χ4v) is 6.73. The Labute approximate surface area is 267 Å². The van der Waals surface area contributed by atoms with Crippen LogP contribution in [-0.4, -0.2) is 56.0 Å². The van der Waals surface area contributed by atoms with Crippen molar-refractivity contribution >= 4 is 49.4 Å². The molecule has 1 aliphatic rings. The minimum Gasteiger partial charge on any atom is -0.455 e. The second kappa shape index (κ2) is 12.1. The number of benzene rings is 3. The molecule has 14 heteroatoms. The normalized spacial score (nSPS) is 15.7. The van der Waals surface area contributed by atoms with Crippen LogP contribution < -0.4 is 10.0 Å². The highest BCUT2D eigenvalue weighted by Crippen LogP contribution is 2.41. The zero-order valence-electron chi connectivity index (χ0n) is 25.3. The molecule has 3 N–H and O–H groups in total. The zero-order chi connectivity index (χ0) is 33.7. The van der Waals surface area contributed by atoms with Gasteiger partial charge in [-0.05, 0) is 67.8 Å². The van der Waals surface area contributed by atoms with E-state index in [1.807, 2.05) is 0 Å². The van der Waals surface area contributed by atoms with Crippen LogP contribution in [0.15, 0.2) is 65.1 Å². The Morgan fingerprint density at radius 3 is 2.51 bits per heavy atom. The van der Waals surface area contributed by atoms with Gasteiger partial charge < -0.3 is 19.6 Å². The highest BCUT2D eigenvalue weighted by atomic mass is 32.2. The quantitative estimate of drug-likeness (QED) is 0.163. The van der Waals surface area contributed by atoms with Crippen LogP contribution >= 0.6 is 0 Å². The van der Waals surface area contributed by atoms with Crippen LogP contribution in [0, 0.1) is 5.82 Å². The molecule has 6 rings (SSSR count). The Morgan fingerprint density at radius 2 is 1.83 bits per heavy atom. The molecular weight excluding hydrogens is 640 g/mol. The second-order valence-corrected chi connectivity index (χ2v) is 13.4. The number of likely N-dealkylation sites (tertiary alicyclic amines) is 1. The first kappa shape index (κ1) is 32.1. The standard InChI is InChI=1S/C33H30F4N4O5S/c1-3-47(44,45)40-25-16-27-23(28(31(42)38-2)30(46-27)18-9-11-21(34)12-10-18)15-22(25)20-7-5-13-41(17-20)32(43)26-14-19-6-4-8-24(29(19)39-26)33(35,36)37/h4,6,8-12,14-16,20,39-40H,3,5,7,13,17H2,1-2H3,(H,38,42)/t20-/m1/s1. The van der Waals surface area contributed by atoms with E-state index in [1.54, 1.807) is 6.07 Å². The molecule has 1 atom stereocenters. The molecule has 0 radical (unpaired) electrons. The number of nitrogens with one attached hydrogen (secondary N) is 3. The molecule has 5 aromatic rings. The minimum absolute atomic E-state index is 0.000360. The van der Waals surface area contributed by atoms with Gasteiger partial charge in [-0.15, -0.1) is 0 Å². The van der Waals surface area contributed by atoms with E-state index < -0.39 is 45.3 Å². The van der Waals surface area contributed by atoms with Gasteiger partial charge in [0.25, 0.3) is 11.8 Å². The van der Waals surface area contributed by atoms with E-state index >= 15 is 0 Å². The third-order valence-electron chi connectivity index (χ3n) is 8.41. The number of H-pyrrole nitrogens is 1. The highest BCUT2D eigenvalue weighted by molar-refractivity contribution is 7.92. The van der Waals surface area contributed by atoms with Crippen molar-refractivity contribution in [2.24, 2.45) is 0 Å². The fraction of sp³-hybridized carbons (Fsp3) is 0.273. The summed E-state index contributed by atoms with van der Waals surface area (Å²) in [5.74, 6) is -1.92. The van der Waals surface area contributed by atoms with Crippen molar-refractivity contribution in [3.8, 4) is 11.3 Å². The molecule has 1 saturated heterocycles. The fourth-order valence-electron chi connectivity index (χ4n) is 6.07. The average molecular weight is 671 g/mol. The lowest BCUT2D eigenvalue weighted by atomic mass is 9.88. The first-order chi connectivity index (χ1) is 22.3. The van der Waals surface area contributed by atoms with E-state index in [0.717, 1.165) is 6.07 Å². The van der Waals surface area contributed by atoms with Crippen LogP contribution in [0.1, 0.15) is 57.7 Å². The van der Waals surface area contributed by atoms with E-state index in [0.29, 0.717) is 35.9 Å². The van der Waals surface area contributed by atoms with E-state index in [4.69, 9.17) is 4.42 Å². The van der Waals surface area contributed by atoms with Gasteiger partial charge in [0.05, 0.1) is 28.1 Å². The maximum Gasteiger partial charge on any atom is 0.418 e. The van der Waals surface area contributed by atoms with Crippen LogP contribution in [0.5, 0.6) is 0 Å². The van der Waals surface area contributed by atoms with E-state index in [-0.39, 0.29) is 51.5 Å². The number of fused-ring (bicyclic) bond motifs is 2. The Balaban J connectivity index is 1.43. The predicted octanol–water partition coefficient (Wildman–Crippen LogP) is 6.88. The molecule has 47 heavy (non-hydrogen) atoms. The molecule has 0 spiro atoms. The molecule has 9 nitrogen and oxygen atoms in total. The maximum absolute atomic E-state index is 13.7. The minimum atomic E-state index is -4.61. The van der Waals surface area contributed by atoms with Crippen molar-refractivity contribution in [2.75, 3.05) is 30.6 Å². The van der Waals surface area contributed by atoms with Crippen LogP contribution in [0.2, 0.25) is 0 Å². The smallest absolute Gasteiger partial charge is 0.418 e. The van der Waals surface area contributed by atoms with E-state index in [1.165, 1.54) is 67.4 Å². The molecule has 3 heterocycles. The molecule has 246 valence electrons. The van der Waals surface area contributed by atoms with Crippen LogP contribution in [0.3, 0.4) is 0 Å². The first-order valence-electron chi connectivity index (χ1n) is 14.9. The van der Waals surface area contributed by atoms with Gasteiger partial charge in [-0.3, -0.25) is 14.3 Å². The predicted molar refractivity (Wildman–Crippen MR) is 169 cm³/mol. The van der Waals surface area contributed by atoms with Gasteiger partial charge in [0.1, 0.15) is 22.9 Å². The lowest BCUT2D eigenvalue weighted by Crippen LogP contribution is -2.39. The third kappa shape index (κ3) is 6.16. The summed E-state index contributed by atoms with van der Waals surface area (Å²) in [6, 6.07) is 13.7. The van der Waals surface area contributed by atoms with E-state index in [2.05, 4.69) is 15.0 Å². The number of halogens is 4. The number of hydrogen-bond acceptors (Lipinski definition) is 5. The first-order valence-corrected chi connectivity index (χ1v) is 16.5. The summed E-state index contributed by atoms with van der Waals surface area (Å²) in [5, 5.41) is 3.23. The Kier molecular flexibility index (Phi) is 8.24.